The zero-order valence-electron chi connectivity index (χ0n) is 10.6. The van der Waals surface area contributed by atoms with Crippen molar-refractivity contribution in [3.8, 4) is 0 Å². The van der Waals surface area contributed by atoms with E-state index in [-0.39, 0.29) is 13.2 Å². The van der Waals surface area contributed by atoms with Crippen LogP contribution in [0, 0.1) is 0 Å². The van der Waals surface area contributed by atoms with Gasteiger partial charge in [-0.2, -0.15) is 0 Å². The zero-order valence-corrected chi connectivity index (χ0v) is 10.6. The van der Waals surface area contributed by atoms with Crippen molar-refractivity contribution in [2.45, 2.75) is 0 Å². The quantitative estimate of drug-likeness (QED) is 0.616. The van der Waals surface area contributed by atoms with Crippen LogP contribution in [0.2, 0.25) is 0 Å². The van der Waals surface area contributed by atoms with E-state index in [1.165, 1.54) is 0 Å². The minimum Gasteiger partial charge on any atom is -0.394 e. The molecule has 100 valence electrons. The normalized spacial score (nSPS) is 11.3. The molecule has 0 fully saturated rings. The van der Waals surface area contributed by atoms with Gasteiger partial charge in [-0.15, -0.1) is 5.11 Å². The molecule has 2 aromatic carbocycles. The van der Waals surface area contributed by atoms with Crippen molar-refractivity contribution in [3.63, 3.8) is 0 Å². The van der Waals surface area contributed by atoms with Crippen LogP contribution in [0.15, 0.2) is 52.8 Å². The highest BCUT2D eigenvalue weighted by molar-refractivity contribution is 5.92. The molecule has 0 saturated heterocycles. The predicted molar refractivity (Wildman–Crippen MR) is 74.2 cm³/mol. The van der Waals surface area contributed by atoms with E-state index in [1.807, 2.05) is 42.5 Å². The predicted octanol–water partition coefficient (Wildman–Crippen LogP) is 2.13. The van der Waals surface area contributed by atoms with Gasteiger partial charge < -0.3 is 10.2 Å². The number of fused-ring (bicyclic) bond motifs is 1. The van der Waals surface area contributed by atoms with E-state index in [4.69, 9.17) is 10.2 Å². The van der Waals surface area contributed by atoms with Gasteiger partial charge in [-0.25, -0.2) is 0 Å². The van der Waals surface area contributed by atoms with Crippen LogP contribution in [0.25, 0.3) is 10.8 Å². The lowest BCUT2D eigenvalue weighted by molar-refractivity contribution is 0.158. The first-order valence-electron chi connectivity index (χ1n) is 6.21. The van der Waals surface area contributed by atoms with Crippen LogP contribution in [-0.4, -0.2) is 41.5 Å². The molecule has 0 bridgehead atoms. The number of aliphatic hydroxyl groups is 2. The molecule has 2 N–H and O–H groups in total. The van der Waals surface area contributed by atoms with E-state index in [1.54, 1.807) is 5.01 Å². The highest BCUT2D eigenvalue weighted by Gasteiger charge is 2.01. The van der Waals surface area contributed by atoms with E-state index in [2.05, 4.69) is 10.3 Å². The number of aliphatic hydroxyl groups excluding tert-OH is 2. The fraction of sp³-hybridized carbons (Fsp3) is 0.286. The van der Waals surface area contributed by atoms with Crippen molar-refractivity contribution >= 4 is 16.5 Å². The first-order chi connectivity index (χ1) is 9.35. The fourth-order valence-electron chi connectivity index (χ4n) is 1.84. The molecule has 0 aliphatic rings. The standard InChI is InChI=1S/C14H17N3O2/c18-10-8-17(9-11-19)16-15-14-7-3-5-12-4-1-2-6-13(12)14/h1-7,18-19H,8-11H2. The van der Waals surface area contributed by atoms with E-state index >= 15 is 0 Å². The van der Waals surface area contributed by atoms with Crippen molar-refractivity contribution < 1.29 is 10.2 Å². The first kappa shape index (κ1) is 13.5. The molecule has 0 aliphatic heterocycles. The highest BCUT2D eigenvalue weighted by Crippen LogP contribution is 2.25. The number of hydrogen-bond donors (Lipinski definition) is 2. The van der Waals surface area contributed by atoms with Gasteiger partial charge in [-0.1, -0.05) is 41.6 Å². The Morgan fingerprint density at radius 3 is 2.32 bits per heavy atom. The molecule has 0 amide bonds. The summed E-state index contributed by atoms with van der Waals surface area (Å²) >= 11 is 0. The topological polar surface area (TPSA) is 68.4 Å². The number of nitrogens with zero attached hydrogens (tertiary/aromatic N) is 3. The molecule has 0 atom stereocenters. The van der Waals surface area contributed by atoms with Crippen LogP contribution in [0.5, 0.6) is 0 Å². The van der Waals surface area contributed by atoms with Gasteiger partial charge in [-0.05, 0) is 11.5 Å². The molecule has 0 spiro atoms. The molecule has 5 heteroatoms. The monoisotopic (exact) mass is 259 g/mol. The lowest BCUT2D eigenvalue weighted by Gasteiger charge is -2.14. The summed E-state index contributed by atoms with van der Waals surface area (Å²) in [5, 5.41) is 29.8. The molecule has 0 saturated carbocycles. The Bertz CT molecular complexity index is 546. The van der Waals surface area contributed by atoms with Gasteiger partial charge in [0.05, 0.1) is 32.0 Å². The maximum absolute atomic E-state index is 8.91. The van der Waals surface area contributed by atoms with E-state index in [0.29, 0.717) is 13.1 Å². The molecule has 0 unspecified atom stereocenters. The Morgan fingerprint density at radius 2 is 1.58 bits per heavy atom. The third kappa shape index (κ3) is 3.49. The van der Waals surface area contributed by atoms with Crippen LogP contribution < -0.4 is 0 Å². The molecule has 5 nitrogen and oxygen atoms in total. The van der Waals surface area contributed by atoms with Crippen LogP contribution in [-0.2, 0) is 0 Å². The molecule has 0 radical (unpaired) electrons. The molecular formula is C14H17N3O2. The summed E-state index contributed by atoms with van der Waals surface area (Å²) in [4.78, 5) is 0. The largest absolute Gasteiger partial charge is 0.394 e. The maximum Gasteiger partial charge on any atom is 0.0952 e. The molecule has 19 heavy (non-hydrogen) atoms. The second kappa shape index (κ2) is 6.82. The summed E-state index contributed by atoms with van der Waals surface area (Å²) in [6.45, 7) is 0.673. The fourth-order valence-corrected chi connectivity index (χ4v) is 1.84. The Labute approximate surface area is 111 Å². The highest BCUT2D eigenvalue weighted by atomic mass is 16.3. The Morgan fingerprint density at radius 1 is 0.895 bits per heavy atom. The molecule has 2 rings (SSSR count). The van der Waals surface area contributed by atoms with Crippen LogP contribution in [0.1, 0.15) is 0 Å². The lowest BCUT2D eigenvalue weighted by Crippen LogP contribution is -2.24. The van der Waals surface area contributed by atoms with Crippen molar-refractivity contribution in [1.82, 2.24) is 5.01 Å². The summed E-state index contributed by atoms with van der Waals surface area (Å²) in [5.74, 6) is 0. The number of hydrogen-bond acceptors (Lipinski definition) is 4. The Hall–Kier alpha value is -1.98. The van der Waals surface area contributed by atoms with Crippen molar-refractivity contribution in [1.29, 1.82) is 0 Å². The summed E-state index contributed by atoms with van der Waals surface area (Å²) in [7, 11) is 0. The van der Waals surface area contributed by atoms with Gasteiger partial charge in [-0.3, -0.25) is 5.01 Å². The van der Waals surface area contributed by atoms with Crippen LogP contribution in [0.4, 0.5) is 5.69 Å². The van der Waals surface area contributed by atoms with Gasteiger partial charge in [0, 0.05) is 5.39 Å². The van der Waals surface area contributed by atoms with Crippen molar-refractivity contribution in [2.75, 3.05) is 26.3 Å². The number of benzene rings is 2. The molecule has 0 heterocycles. The minimum absolute atomic E-state index is 0.0193. The second-order valence-electron chi connectivity index (χ2n) is 4.09. The van der Waals surface area contributed by atoms with Crippen LogP contribution >= 0.6 is 0 Å². The smallest absolute Gasteiger partial charge is 0.0952 e. The SMILES string of the molecule is OCCN(CCO)N=Nc1cccc2ccccc12. The average molecular weight is 259 g/mol. The van der Waals surface area contributed by atoms with Gasteiger partial charge in [0.25, 0.3) is 0 Å². The van der Waals surface area contributed by atoms with Gasteiger partial charge >= 0.3 is 0 Å². The summed E-state index contributed by atoms with van der Waals surface area (Å²) in [5.41, 5.74) is 0.777. The summed E-state index contributed by atoms with van der Waals surface area (Å²) < 4.78 is 0. The molecule has 2 aromatic rings. The number of rotatable bonds is 6. The second-order valence-corrected chi connectivity index (χ2v) is 4.09. The van der Waals surface area contributed by atoms with E-state index in [0.717, 1.165) is 16.5 Å². The van der Waals surface area contributed by atoms with Crippen molar-refractivity contribution in [2.24, 2.45) is 10.3 Å². The van der Waals surface area contributed by atoms with E-state index in [9.17, 15) is 0 Å². The molecule has 0 aromatic heterocycles. The molecular weight excluding hydrogens is 242 g/mol. The Kier molecular flexibility index (Phi) is 4.83. The minimum atomic E-state index is -0.0193. The van der Waals surface area contributed by atoms with Gasteiger partial charge in [0.2, 0.25) is 0 Å². The van der Waals surface area contributed by atoms with Crippen LogP contribution in [0.3, 0.4) is 0 Å². The first-order valence-corrected chi connectivity index (χ1v) is 6.21. The third-order valence-electron chi connectivity index (χ3n) is 2.76. The third-order valence-corrected chi connectivity index (χ3v) is 2.76. The average Bonchev–Trinajstić information content (AvgIpc) is 2.45. The van der Waals surface area contributed by atoms with E-state index < -0.39 is 0 Å². The Balaban J connectivity index is 2.24. The van der Waals surface area contributed by atoms with Gasteiger partial charge in [0.1, 0.15) is 0 Å². The molecule has 0 aliphatic carbocycles. The zero-order chi connectivity index (χ0) is 13.5. The lowest BCUT2D eigenvalue weighted by atomic mass is 10.1. The van der Waals surface area contributed by atoms with Gasteiger partial charge in [0.15, 0.2) is 0 Å². The summed E-state index contributed by atoms with van der Waals surface area (Å²) in [6.07, 6.45) is 0. The maximum atomic E-state index is 8.91. The summed E-state index contributed by atoms with van der Waals surface area (Å²) in [6, 6.07) is 13.8. The van der Waals surface area contributed by atoms with Crippen molar-refractivity contribution in [3.05, 3.63) is 42.5 Å².